The van der Waals surface area contributed by atoms with Crippen molar-refractivity contribution in [1.29, 1.82) is 0 Å². The summed E-state index contributed by atoms with van der Waals surface area (Å²) in [5, 5.41) is 1.97. The Morgan fingerprint density at radius 1 is 1.50 bits per heavy atom. The van der Waals surface area contributed by atoms with Crippen LogP contribution in [0.2, 0.25) is 0 Å². The van der Waals surface area contributed by atoms with Crippen molar-refractivity contribution >= 4 is 11.3 Å². The van der Waals surface area contributed by atoms with E-state index in [1.165, 1.54) is 0 Å². The largest absolute Gasteiger partial charge is 0.319 e. The zero-order valence-corrected chi connectivity index (χ0v) is 8.66. The molecule has 2 N–H and O–H groups in total. The van der Waals surface area contributed by atoms with Gasteiger partial charge in [-0.3, -0.25) is 4.98 Å². The standard InChI is InChI=1S/C10H11N3S/c1-7-2-3-12-4-8(7)10(11)9-5-14-6-13-9/h2-6,10H,11H2,1H3. The van der Waals surface area contributed by atoms with Gasteiger partial charge in [0.25, 0.3) is 0 Å². The summed E-state index contributed by atoms with van der Waals surface area (Å²) in [6.07, 6.45) is 3.58. The van der Waals surface area contributed by atoms with Crippen LogP contribution in [-0.2, 0) is 0 Å². The topological polar surface area (TPSA) is 51.8 Å². The summed E-state index contributed by atoms with van der Waals surface area (Å²) in [7, 11) is 0. The van der Waals surface area contributed by atoms with Gasteiger partial charge in [-0.1, -0.05) is 0 Å². The quantitative estimate of drug-likeness (QED) is 0.814. The van der Waals surface area contributed by atoms with Crippen molar-refractivity contribution in [3.8, 4) is 0 Å². The van der Waals surface area contributed by atoms with Crippen LogP contribution in [0.4, 0.5) is 0 Å². The molecule has 2 rings (SSSR count). The van der Waals surface area contributed by atoms with Gasteiger partial charge in [0.1, 0.15) is 0 Å². The van der Waals surface area contributed by atoms with Gasteiger partial charge >= 0.3 is 0 Å². The Kier molecular flexibility index (Phi) is 2.56. The van der Waals surface area contributed by atoms with Crippen LogP contribution in [-0.4, -0.2) is 9.97 Å². The summed E-state index contributed by atoms with van der Waals surface area (Å²) in [6, 6.07) is 1.80. The fraction of sp³-hybridized carbons (Fsp3) is 0.200. The number of nitrogens with zero attached hydrogens (tertiary/aromatic N) is 2. The van der Waals surface area contributed by atoms with E-state index >= 15 is 0 Å². The molecule has 0 aromatic carbocycles. The first-order valence-corrected chi connectivity index (χ1v) is 5.27. The third-order valence-electron chi connectivity index (χ3n) is 2.18. The molecule has 0 fully saturated rings. The molecule has 0 aliphatic heterocycles. The molecule has 0 bridgehead atoms. The zero-order valence-electron chi connectivity index (χ0n) is 7.84. The summed E-state index contributed by atoms with van der Waals surface area (Å²) in [5.41, 5.74) is 11.0. The third kappa shape index (κ3) is 1.66. The van der Waals surface area contributed by atoms with E-state index in [2.05, 4.69) is 9.97 Å². The van der Waals surface area contributed by atoms with Gasteiger partial charge in [-0.05, 0) is 24.1 Å². The molecule has 2 aromatic heterocycles. The molecule has 0 saturated heterocycles. The predicted octanol–water partition coefficient (Wildman–Crippen LogP) is 1.89. The number of pyridine rings is 1. The lowest BCUT2D eigenvalue weighted by atomic mass is 10.0. The summed E-state index contributed by atoms with van der Waals surface area (Å²) in [5.74, 6) is 0. The number of rotatable bonds is 2. The first-order chi connectivity index (χ1) is 6.79. The highest BCUT2D eigenvalue weighted by Crippen LogP contribution is 2.20. The lowest BCUT2D eigenvalue weighted by Gasteiger charge is -2.11. The van der Waals surface area contributed by atoms with Crippen molar-refractivity contribution in [2.24, 2.45) is 5.73 Å². The Bertz CT molecular complexity index is 411. The maximum atomic E-state index is 6.07. The monoisotopic (exact) mass is 205 g/mol. The van der Waals surface area contributed by atoms with Crippen LogP contribution in [0.1, 0.15) is 22.9 Å². The summed E-state index contributed by atoms with van der Waals surface area (Å²) < 4.78 is 0. The molecule has 2 aromatic rings. The number of hydrogen-bond acceptors (Lipinski definition) is 4. The summed E-state index contributed by atoms with van der Waals surface area (Å²) in [6.45, 7) is 2.03. The van der Waals surface area contributed by atoms with Crippen LogP contribution >= 0.6 is 11.3 Å². The summed E-state index contributed by atoms with van der Waals surface area (Å²) in [4.78, 5) is 8.27. The van der Waals surface area contributed by atoms with Gasteiger partial charge in [-0.25, -0.2) is 4.98 Å². The van der Waals surface area contributed by atoms with Crippen molar-refractivity contribution in [3.63, 3.8) is 0 Å². The second-order valence-corrected chi connectivity index (χ2v) is 3.84. The van der Waals surface area contributed by atoms with Gasteiger partial charge in [0.15, 0.2) is 0 Å². The van der Waals surface area contributed by atoms with Crippen LogP contribution in [0.25, 0.3) is 0 Å². The van der Waals surface area contributed by atoms with Crippen molar-refractivity contribution in [2.75, 3.05) is 0 Å². The molecular weight excluding hydrogens is 194 g/mol. The average Bonchev–Trinajstić information content (AvgIpc) is 2.70. The second kappa shape index (κ2) is 3.86. The second-order valence-electron chi connectivity index (χ2n) is 3.12. The number of hydrogen-bond donors (Lipinski definition) is 1. The van der Waals surface area contributed by atoms with Crippen LogP contribution < -0.4 is 5.73 Å². The van der Waals surface area contributed by atoms with Gasteiger partial charge < -0.3 is 5.73 Å². The van der Waals surface area contributed by atoms with E-state index in [1.54, 1.807) is 29.2 Å². The molecule has 4 heteroatoms. The molecule has 2 heterocycles. The highest BCUT2D eigenvalue weighted by molar-refractivity contribution is 7.07. The van der Waals surface area contributed by atoms with Crippen LogP contribution in [0.5, 0.6) is 0 Å². The van der Waals surface area contributed by atoms with Crippen LogP contribution in [0.15, 0.2) is 29.4 Å². The van der Waals surface area contributed by atoms with E-state index in [4.69, 9.17) is 5.73 Å². The fourth-order valence-corrected chi connectivity index (χ4v) is 1.93. The van der Waals surface area contributed by atoms with Gasteiger partial charge in [0, 0.05) is 17.8 Å². The van der Waals surface area contributed by atoms with Crippen molar-refractivity contribution < 1.29 is 0 Å². The molecule has 1 atom stereocenters. The normalized spacial score (nSPS) is 12.7. The highest BCUT2D eigenvalue weighted by Gasteiger charge is 2.12. The van der Waals surface area contributed by atoms with Gasteiger partial charge in [0.2, 0.25) is 0 Å². The Hall–Kier alpha value is -1.26. The molecule has 1 unspecified atom stereocenters. The van der Waals surface area contributed by atoms with Crippen molar-refractivity contribution in [1.82, 2.24) is 9.97 Å². The maximum Gasteiger partial charge on any atom is 0.0795 e. The average molecular weight is 205 g/mol. The van der Waals surface area contributed by atoms with Crippen LogP contribution in [0.3, 0.4) is 0 Å². The van der Waals surface area contributed by atoms with E-state index in [0.29, 0.717) is 0 Å². The Morgan fingerprint density at radius 2 is 2.36 bits per heavy atom. The number of nitrogens with two attached hydrogens (primary N) is 1. The van der Waals surface area contributed by atoms with Gasteiger partial charge in [-0.2, -0.15) is 0 Å². The Morgan fingerprint density at radius 3 is 3.00 bits per heavy atom. The minimum atomic E-state index is -0.157. The van der Waals surface area contributed by atoms with Crippen molar-refractivity contribution in [3.05, 3.63) is 46.2 Å². The van der Waals surface area contributed by atoms with Crippen LogP contribution in [0, 0.1) is 6.92 Å². The smallest absolute Gasteiger partial charge is 0.0795 e. The SMILES string of the molecule is Cc1ccncc1C(N)c1cscn1. The molecule has 72 valence electrons. The maximum absolute atomic E-state index is 6.07. The molecule has 0 saturated carbocycles. The third-order valence-corrected chi connectivity index (χ3v) is 2.79. The highest BCUT2D eigenvalue weighted by atomic mass is 32.1. The van der Waals surface area contributed by atoms with E-state index in [1.807, 2.05) is 18.4 Å². The molecule has 0 aliphatic carbocycles. The number of aryl methyl sites for hydroxylation is 1. The van der Waals surface area contributed by atoms with E-state index < -0.39 is 0 Å². The van der Waals surface area contributed by atoms with Crippen molar-refractivity contribution in [2.45, 2.75) is 13.0 Å². The lowest BCUT2D eigenvalue weighted by Crippen LogP contribution is -2.13. The van der Waals surface area contributed by atoms with Gasteiger partial charge in [0.05, 0.1) is 17.2 Å². The van der Waals surface area contributed by atoms with E-state index in [-0.39, 0.29) is 6.04 Å². The summed E-state index contributed by atoms with van der Waals surface area (Å²) >= 11 is 1.56. The number of thiazole rings is 1. The zero-order chi connectivity index (χ0) is 9.97. The molecule has 14 heavy (non-hydrogen) atoms. The fourth-order valence-electron chi connectivity index (χ4n) is 1.34. The molecule has 0 aliphatic rings. The number of aromatic nitrogens is 2. The Balaban J connectivity index is 2.37. The van der Waals surface area contributed by atoms with E-state index in [9.17, 15) is 0 Å². The van der Waals surface area contributed by atoms with Gasteiger partial charge in [-0.15, -0.1) is 11.3 Å². The molecule has 0 radical (unpaired) electrons. The first-order valence-electron chi connectivity index (χ1n) is 4.33. The molecule has 0 spiro atoms. The predicted molar refractivity (Wildman–Crippen MR) is 57.1 cm³/mol. The van der Waals surface area contributed by atoms with E-state index in [0.717, 1.165) is 16.8 Å². The Labute approximate surface area is 86.6 Å². The first kappa shape index (κ1) is 9.30. The minimum Gasteiger partial charge on any atom is -0.319 e. The lowest BCUT2D eigenvalue weighted by molar-refractivity contribution is 0.823. The molecular formula is C10H11N3S. The molecule has 0 amide bonds. The minimum absolute atomic E-state index is 0.157. The molecule has 3 nitrogen and oxygen atoms in total.